The van der Waals surface area contributed by atoms with E-state index in [-0.39, 0.29) is 18.6 Å². The summed E-state index contributed by atoms with van der Waals surface area (Å²) in [6, 6.07) is 7.14. The molecule has 0 bridgehead atoms. The van der Waals surface area contributed by atoms with Gasteiger partial charge < -0.3 is 15.0 Å². The number of anilines is 1. The van der Waals surface area contributed by atoms with Crippen LogP contribution < -0.4 is 10.2 Å². The fourth-order valence-electron chi connectivity index (χ4n) is 1.93. The Morgan fingerprint density at radius 2 is 1.86 bits per heavy atom. The molecule has 0 aliphatic carbocycles. The lowest BCUT2D eigenvalue weighted by atomic mass is 10.2. The normalized spacial score (nSPS) is 11.6. The predicted octanol–water partition coefficient (Wildman–Crippen LogP) is 2.21. The Labute approximate surface area is 126 Å². The topological polar surface area (TPSA) is 58.6 Å². The molecule has 0 unspecified atom stereocenters. The van der Waals surface area contributed by atoms with E-state index in [2.05, 4.69) is 12.2 Å². The van der Waals surface area contributed by atoms with Gasteiger partial charge in [0.05, 0.1) is 5.56 Å². The molecule has 0 aliphatic rings. The van der Waals surface area contributed by atoms with E-state index in [1.807, 2.05) is 38.1 Å². The number of nitrogens with zero attached hydrogens (tertiary/aromatic N) is 1. The van der Waals surface area contributed by atoms with E-state index in [1.54, 1.807) is 12.1 Å². The highest BCUT2D eigenvalue weighted by molar-refractivity contribution is 5.91. The summed E-state index contributed by atoms with van der Waals surface area (Å²) in [6.45, 7) is 3.74. The standard InChI is InChI=1S/C16H24N2O3/c1-5-6-12(2)17-15(19)11-21-16(20)13-7-9-14(10-8-13)18(3)4/h7-10,12H,5-6,11H2,1-4H3,(H,17,19)/t12-/m0/s1. The molecular weight excluding hydrogens is 268 g/mol. The minimum absolute atomic E-state index is 0.0978. The maximum atomic E-state index is 11.8. The summed E-state index contributed by atoms with van der Waals surface area (Å²) in [4.78, 5) is 25.4. The van der Waals surface area contributed by atoms with E-state index in [9.17, 15) is 9.59 Å². The van der Waals surface area contributed by atoms with Crippen LogP contribution in [-0.4, -0.2) is 38.6 Å². The van der Waals surface area contributed by atoms with Crippen molar-refractivity contribution in [1.29, 1.82) is 0 Å². The third-order valence-corrected chi connectivity index (χ3v) is 3.08. The quantitative estimate of drug-likeness (QED) is 0.783. The van der Waals surface area contributed by atoms with Crippen LogP contribution in [0.5, 0.6) is 0 Å². The molecule has 0 radical (unpaired) electrons. The first-order chi connectivity index (χ1) is 9.93. The molecule has 0 fully saturated rings. The number of carbonyl (C=O) groups excluding carboxylic acids is 2. The number of benzene rings is 1. The number of carbonyl (C=O) groups is 2. The third-order valence-electron chi connectivity index (χ3n) is 3.08. The average Bonchev–Trinajstić information content (AvgIpc) is 2.45. The van der Waals surface area contributed by atoms with Crippen LogP contribution in [-0.2, 0) is 9.53 Å². The van der Waals surface area contributed by atoms with Gasteiger partial charge in [-0.15, -0.1) is 0 Å². The van der Waals surface area contributed by atoms with Crippen LogP contribution in [0.2, 0.25) is 0 Å². The van der Waals surface area contributed by atoms with Gasteiger partial charge in [-0.1, -0.05) is 13.3 Å². The highest BCUT2D eigenvalue weighted by Crippen LogP contribution is 2.12. The van der Waals surface area contributed by atoms with E-state index in [1.165, 1.54) is 0 Å². The SMILES string of the molecule is CCC[C@H](C)NC(=O)COC(=O)c1ccc(N(C)C)cc1. The molecule has 0 aliphatic heterocycles. The molecule has 116 valence electrons. The van der Waals surface area contributed by atoms with Crippen molar-refractivity contribution < 1.29 is 14.3 Å². The Morgan fingerprint density at radius 3 is 2.38 bits per heavy atom. The summed E-state index contributed by atoms with van der Waals surface area (Å²) in [5.41, 5.74) is 1.44. The highest BCUT2D eigenvalue weighted by Gasteiger charge is 2.12. The molecule has 0 saturated carbocycles. The van der Waals surface area contributed by atoms with Gasteiger partial charge in [0.2, 0.25) is 0 Å². The van der Waals surface area contributed by atoms with Gasteiger partial charge in [0.15, 0.2) is 6.61 Å². The Morgan fingerprint density at radius 1 is 1.24 bits per heavy atom. The zero-order valence-corrected chi connectivity index (χ0v) is 13.2. The van der Waals surface area contributed by atoms with E-state index in [4.69, 9.17) is 4.74 Å². The maximum Gasteiger partial charge on any atom is 0.338 e. The summed E-state index contributed by atoms with van der Waals surface area (Å²) in [6.07, 6.45) is 1.91. The molecule has 1 rings (SSSR count). The lowest BCUT2D eigenvalue weighted by Crippen LogP contribution is -2.35. The van der Waals surface area contributed by atoms with Crippen LogP contribution in [0.3, 0.4) is 0 Å². The molecule has 1 atom stereocenters. The van der Waals surface area contributed by atoms with Crippen molar-refractivity contribution in [3.8, 4) is 0 Å². The van der Waals surface area contributed by atoms with Crippen LogP contribution in [0.1, 0.15) is 37.0 Å². The van der Waals surface area contributed by atoms with Crippen molar-refractivity contribution in [2.24, 2.45) is 0 Å². The fourth-order valence-corrected chi connectivity index (χ4v) is 1.93. The molecular formula is C16H24N2O3. The lowest BCUT2D eigenvalue weighted by Gasteiger charge is -2.13. The second-order valence-electron chi connectivity index (χ2n) is 5.27. The van der Waals surface area contributed by atoms with Gasteiger partial charge in [0, 0.05) is 25.8 Å². The van der Waals surface area contributed by atoms with Crippen LogP contribution in [0, 0.1) is 0 Å². The van der Waals surface area contributed by atoms with Gasteiger partial charge in [0.1, 0.15) is 0 Å². The average molecular weight is 292 g/mol. The van der Waals surface area contributed by atoms with Gasteiger partial charge in [-0.25, -0.2) is 4.79 Å². The van der Waals surface area contributed by atoms with Crippen molar-refractivity contribution in [2.75, 3.05) is 25.6 Å². The Kier molecular flexibility index (Phi) is 6.72. The molecule has 5 nitrogen and oxygen atoms in total. The van der Waals surface area contributed by atoms with Crippen LogP contribution in [0.25, 0.3) is 0 Å². The van der Waals surface area contributed by atoms with Crippen molar-refractivity contribution in [3.05, 3.63) is 29.8 Å². The number of nitrogens with one attached hydrogen (secondary N) is 1. The van der Waals surface area contributed by atoms with Gasteiger partial charge >= 0.3 is 5.97 Å². The van der Waals surface area contributed by atoms with Crippen LogP contribution in [0.15, 0.2) is 24.3 Å². The molecule has 0 saturated heterocycles. The van der Waals surface area contributed by atoms with Crippen molar-refractivity contribution in [1.82, 2.24) is 5.32 Å². The number of rotatable bonds is 7. The third kappa shape index (κ3) is 5.85. The number of esters is 1. The summed E-state index contributed by atoms with van der Waals surface area (Å²) in [5.74, 6) is -0.757. The smallest absolute Gasteiger partial charge is 0.338 e. The summed E-state index contributed by atoms with van der Waals surface area (Å²) in [7, 11) is 3.85. The molecule has 1 N–H and O–H groups in total. The van der Waals surface area contributed by atoms with Crippen molar-refractivity contribution in [2.45, 2.75) is 32.7 Å². The number of ether oxygens (including phenoxy) is 1. The van der Waals surface area contributed by atoms with Gasteiger partial charge in [-0.05, 0) is 37.6 Å². The second-order valence-corrected chi connectivity index (χ2v) is 5.27. The van der Waals surface area contributed by atoms with E-state index >= 15 is 0 Å². The van der Waals surface area contributed by atoms with Gasteiger partial charge in [-0.2, -0.15) is 0 Å². The second kappa shape index (κ2) is 8.29. The zero-order chi connectivity index (χ0) is 15.8. The monoisotopic (exact) mass is 292 g/mol. The molecule has 1 aromatic rings. The first-order valence-electron chi connectivity index (χ1n) is 7.18. The Bertz CT molecular complexity index is 469. The zero-order valence-electron chi connectivity index (χ0n) is 13.2. The molecule has 1 aromatic carbocycles. The number of hydrogen-bond acceptors (Lipinski definition) is 4. The van der Waals surface area contributed by atoms with Crippen molar-refractivity contribution in [3.63, 3.8) is 0 Å². The molecule has 21 heavy (non-hydrogen) atoms. The Hall–Kier alpha value is -2.04. The first kappa shape index (κ1) is 17.0. The largest absolute Gasteiger partial charge is 0.452 e. The highest BCUT2D eigenvalue weighted by atomic mass is 16.5. The summed E-state index contributed by atoms with van der Waals surface area (Å²) >= 11 is 0. The maximum absolute atomic E-state index is 11.8. The molecule has 0 aromatic heterocycles. The van der Waals surface area contributed by atoms with Crippen LogP contribution in [0.4, 0.5) is 5.69 Å². The van der Waals surface area contributed by atoms with Crippen molar-refractivity contribution >= 4 is 17.6 Å². The summed E-state index contributed by atoms with van der Waals surface area (Å²) < 4.78 is 5.00. The summed E-state index contributed by atoms with van der Waals surface area (Å²) in [5, 5.41) is 2.79. The molecule has 5 heteroatoms. The van der Waals surface area contributed by atoms with E-state index in [0.717, 1.165) is 18.5 Å². The molecule has 0 heterocycles. The minimum atomic E-state index is -0.487. The predicted molar refractivity (Wildman–Crippen MR) is 83.6 cm³/mol. The van der Waals surface area contributed by atoms with Crippen LogP contribution >= 0.6 is 0 Å². The van der Waals surface area contributed by atoms with Gasteiger partial charge in [0.25, 0.3) is 5.91 Å². The van der Waals surface area contributed by atoms with Gasteiger partial charge in [-0.3, -0.25) is 4.79 Å². The lowest BCUT2D eigenvalue weighted by molar-refractivity contribution is -0.124. The molecule has 1 amide bonds. The molecule has 0 spiro atoms. The number of amides is 1. The minimum Gasteiger partial charge on any atom is -0.452 e. The number of hydrogen-bond donors (Lipinski definition) is 1. The van der Waals surface area contributed by atoms with E-state index < -0.39 is 5.97 Å². The Balaban J connectivity index is 2.44. The fraction of sp³-hybridized carbons (Fsp3) is 0.500. The van der Waals surface area contributed by atoms with E-state index in [0.29, 0.717) is 5.56 Å². The first-order valence-corrected chi connectivity index (χ1v) is 7.18.